The van der Waals surface area contributed by atoms with Crippen molar-refractivity contribution in [2.45, 2.75) is 13.5 Å². The lowest BCUT2D eigenvalue weighted by atomic mass is 10.2. The number of aryl methyl sites for hydroxylation is 1. The van der Waals surface area contributed by atoms with Gasteiger partial charge in [-0.1, -0.05) is 6.07 Å². The molecule has 1 aliphatic heterocycles. The lowest BCUT2D eigenvalue weighted by Gasteiger charge is -2.35. The number of H-pyrrole nitrogens is 1. The topological polar surface area (TPSA) is 48.1 Å². The van der Waals surface area contributed by atoms with E-state index in [1.54, 1.807) is 0 Å². The van der Waals surface area contributed by atoms with Gasteiger partial charge in [0.15, 0.2) is 0 Å². The molecule has 0 bridgehead atoms. The van der Waals surface area contributed by atoms with E-state index in [1.807, 2.05) is 18.5 Å². The van der Waals surface area contributed by atoms with Crippen LogP contribution in [0.1, 0.15) is 11.3 Å². The van der Waals surface area contributed by atoms with Gasteiger partial charge in [-0.25, -0.2) is 4.98 Å². The van der Waals surface area contributed by atoms with Gasteiger partial charge in [0.05, 0.1) is 5.69 Å². The summed E-state index contributed by atoms with van der Waals surface area (Å²) in [5.41, 5.74) is 3.43. The van der Waals surface area contributed by atoms with Crippen molar-refractivity contribution in [2.75, 3.05) is 31.1 Å². The number of aromatic amines is 1. The van der Waals surface area contributed by atoms with Crippen molar-refractivity contribution in [2.24, 2.45) is 0 Å². The third kappa shape index (κ3) is 2.92. The quantitative estimate of drug-likeness (QED) is 0.808. The molecule has 1 fully saturated rings. The summed E-state index contributed by atoms with van der Waals surface area (Å²) in [5.74, 6) is 1.06. The van der Waals surface area contributed by atoms with Gasteiger partial charge in [-0.05, 0) is 36.8 Å². The van der Waals surface area contributed by atoms with E-state index in [4.69, 9.17) is 4.98 Å². The maximum atomic E-state index is 4.72. The molecule has 0 unspecified atom stereocenters. The van der Waals surface area contributed by atoms with E-state index in [2.05, 4.69) is 51.0 Å². The molecule has 1 saturated heterocycles. The highest BCUT2D eigenvalue weighted by molar-refractivity contribution is 5.77. The van der Waals surface area contributed by atoms with Crippen LogP contribution in [0.2, 0.25) is 0 Å². The highest BCUT2D eigenvalue weighted by atomic mass is 15.3. The molecule has 1 aliphatic rings. The number of fused-ring (bicyclic) bond motifs is 1. The Hall–Kier alpha value is -2.40. The Balaban J connectivity index is 1.41. The first-order valence-electron chi connectivity index (χ1n) is 8.11. The average molecular weight is 307 g/mol. The number of rotatable bonds is 3. The monoisotopic (exact) mass is 307 g/mol. The summed E-state index contributed by atoms with van der Waals surface area (Å²) in [4.78, 5) is 17.3. The van der Waals surface area contributed by atoms with Crippen molar-refractivity contribution in [3.05, 3.63) is 54.0 Å². The fourth-order valence-corrected chi connectivity index (χ4v) is 3.13. The summed E-state index contributed by atoms with van der Waals surface area (Å²) in [6, 6.07) is 10.4. The third-order valence-corrected chi connectivity index (χ3v) is 4.58. The van der Waals surface area contributed by atoms with E-state index in [9.17, 15) is 0 Å². The Bertz CT molecular complexity index is 802. The highest BCUT2D eigenvalue weighted by Gasteiger charge is 2.19. The van der Waals surface area contributed by atoms with Crippen LogP contribution >= 0.6 is 0 Å². The Kier molecular flexibility index (Phi) is 3.71. The fraction of sp³-hybridized carbons (Fsp3) is 0.333. The van der Waals surface area contributed by atoms with Crippen LogP contribution in [0.4, 0.5) is 5.82 Å². The van der Waals surface area contributed by atoms with Gasteiger partial charge in [-0.2, -0.15) is 0 Å². The van der Waals surface area contributed by atoms with E-state index in [0.717, 1.165) is 49.6 Å². The minimum atomic E-state index is 0.934. The lowest BCUT2D eigenvalue weighted by Crippen LogP contribution is -2.46. The van der Waals surface area contributed by atoms with Crippen LogP contribution < -0.4 is 4.90 Å². The molecular formula is C18H21N5. The lowest BCUT2D eigenvalue weighted by molar-refractivity contribution is 0.246. The van der Waals surface area contributed by atoms with Gasteiger partial charge in [0.2, 0.25) is 0 Å². The Morgan fingerprint density at radius 2 is 1.96 bits per heavy atom. The first-order chi connectivity index (χ1) is 11.3. The van der Waals surface area contributed by atoms with E-state index in [0.29, 0.717) is 0 Å². The van der Waals surface area contributed by atoms with E-state index in [1.165, 1.54) is 11.3 Å². The summed E-state index contributed by atoms with van der Waals surface area (Å²) in [6.45, 7) is 7.16. The number of hydrogen-bond acceptors (Lipinski definition) is 4. The normalized spacial score (nSPS) is 16.1. The zero-order valence-corrected chi connectivity index (χ0v) is 13.4. The van der Waals surface area contributed by atoms with Crippen LogP contribution in [-0.2, 0) is 6.54 Å². The standard InChI is InChI=1S/C18H21N5/c1-14-3-2-7-19-16(14)13-22-9-11-23(12-10-22)17-5-4-15-6-8-20-18(15)21-17/h2-8H,9-13H2,1H3,(H,20,21). The molecule has 0 amide bonds. The second-order valence-electron chi connectivity index (χ2n) is 6.12. The van der Waals surface area contributed by atoms with E-state index in [-0.39, 0.29) is 0 Å². The second kappa shape index (κ2) is 6.01. The molecular weight excluding hydrogens is 286 g/mol. The van der Waals surface area contributed by atoms with Crippen molar-refractivity contribution >= 4 is 16.9 Å². The minimum Gasteiger partial charge on any atom is -0.354 e. The third-order valence-electron chi connectivity index (χ3n) is 4.58. The molecule has 4 heterocycles. The van der Waals surface area contributed by atoms with Crippen molar-refractivity contribution in [1.29, 1.82) is 0 Å². The van der Waals surface area contributed by atoms with Gasteiger partial charge in [-0.3, -0.25) is 9.88 Å². The van der Waals surface area contributed by atoms with Crippen molar-refractivity contribution in [1.82, 2.24) is 19.9 Å². The summed E-state index contributed by atoms with van der Waals surface area (Å²) < 4.78 is 0. The van der Waals surface area contributed by atoms with E-state index < -0.39 is 0 Å². The molecule has 4 rings (SSSR count). The maximum absolute atomic E-state index is 4.72. The molecule has 0 saturated carbocycles. The predicted octanol–water partition coefficient (Wildman–Crippen LogP) is 2.59. The number of anilines is 1. The molecule has 118 valence electrons. The van der Waals surface area contributed by atoms with Gasteiger partial charge < -0.3 is 9.88 Å². The summed E-state index contributed by atoms with van der Waals surface area (Å²) in [6.07, 6.45) is 3.82. The Morgan fingerprint density at radius 3 is 2.78 bits per heavy atom. The summed E-state index contributed by atoms with van der Waals surface area (Å²) >= 11 is 0. The van der Waals surface area contributed by atoms with Gasteiger partial charge in [0, 0.05) is 50.5 Å². The van der Waals surface area contributed by atoms with Crippen LogP contribution in [0.3, 0.4) is 0 Å². The number of hydrogen-bond donors (Lipinski definition) is 1. The zero-order chi connectivity index (χ0) is 15.6. The SMILES string of the molecule is Cc1cccnc1CN1CCN(c2ccc3cc[nH]c3n2)CC1. The Labute approximate surface area is 136 Å². The zero-order valence-electron chi connectivity index (χ0n) is 13.4. The van der Waals surface area contributed by atoms with Crippen molar-refractivity contribution in [3.63, 3.8) is 0 Å². The van der Waals surface area contributed by atoms with Gasteiger partial charge >= 0.3 is 0 Å². The molecule has 5 heteroatoms. The van der Waals surface area contributed by atoms with Crippen LogP contribution in [0.15, 0.2) is 42.7 Å². The molecule has 0 atom stereocenters. The van der Waals surface area contributed by atoms with Gasteiger partial charge in [0.1, 0.15) is 11.5 Å². The highest BCUT2D eigenvalue weighted by Crippen LogP contribution is 2.19. The smallest absolute Gasteiger partial charge is 0.139 e. The first-order valence-corrected chi connectivity index (χ1v) is 8.11. The fourth-order valence-electron chi connectivity index (χ4n) is 3.13. The number of pyridine rings is 2. The van der Waals surface area contributed by atoms with Crippen LogP contribution in [0, 0.1) is 6.92 Å². The maximum Gasteiger partial charge on any atom is 0.139 e. The molecule has 3 aromatic heterocycles. The molecule has 0 spiro atoms. The van der Waals surface area contributed by atoms with E-state index >= 15 is 0 Å². The number of nitrogens with zero attached hydrogens (tertiary/aromatic N) is 4. The molecule has 23 heavy (non-hydrogen) atoms. The summed E-state index contributed by atoms with van der Waals surface area (Å²) in [5, 5.41) is 1.16. The summed E-state index contributed by atoms with van der Waals surface area (Å²) in [7, 11) is 0. The number of piperazine rings is 1. The van der Waals surface area contributed by atoms with Gasteiger partial charge in [-0.15, -0.1) is 0 Å². The first kappa shape index (κ1) is 14.2. The number of nitrogens with one attached hydrogen (secondary N) is 1. The van der Waals surface area contributed by atoms with Gasteiger partial charge in [0.25, 0.3) is 0 Å². The molecule has 5 nitrogen and oxygen atoms in total. The van der Waals surface area contributed by atoms with Crippen molar-refractivity contribution in [3.8, 4) is 0 Å². The largest absolute Gasteiger partial charge is 0.354 e. The molecule has 0 aromatic carbocycles. The van der Waals surface area contributed by atoms with Crippen LogP contribution in [0.5, 0.6) is 0 Å². The molecule has 0 radical (unpaired) electrons. The second-order valence-corrected chi connectivity index (χ2v) is 6.12. The molecule has 0 aliphatic carbocycles. The van der Waals surface area contributed by atoms with Crippen molar-refractivity contribution < 1.29 is 0 Å². The van der Waals surface area contributed by atoms with Crippen LogP contribution in [0.25, 0.3) is 11.0 Å². The molecule has 3 aromatic rings. The Morgan fingerprint density at radius 1 is 1.09 bits per heavy atom. The number of aromatic nitrogens is 3. The van der Waals surface area contributed by atoms with Crippen LogP contribution in [-0.4, -0.2) is 46.0 Å². The predicted molar refractivity (Wildman–Crippen MR) is 92.6 cm³/mol. The average Bonchev–Trinajstić information content (AvgIpc) is 3.05. The molecule has 1 N–H and O–H groups in total. The minimum absolute atomic E-state index is 0.934.